The number of amides is 1. The number of nitrogens with zero attached hydrogens (tertiary/aromatic N) is 4. The Morgan fingerprint density at radius 2 is 2.43 bits per heavy atom. The fourth-order valence-electron chi connectivity index (χ4n) is 3.22. The van der Waals surface area contributed by atoms with E-state index in [4.69, 9.17) is 10.00 Å². The Bertz CT molecular complexity index is 599. The summed E-state index contributed by atoms with van der Waals surface area (Å²) < 4.78 is 5.28. The van der Waals surface area contributed by atoms with Crippen molar-refractivity contribution in [1.29, 1.82) is 5.26 Å². The average Bonchev–Trinajstić information content (AvgIpc) is 3.27. The van der Waals surface area contributed by atoms with Gasteiger partial charge in [-0.15, -0.1) is 0 Å². The average molecular weight is 335 g/mol. The molecule has 2 aliphatic heterocycles. The summed E-state index contributed by atoms with van der Waals surface area (Å²) in [5.74, 6) is -0.173. The number of nitriles is 1. The predicted molar refractivity (Wildman–Crippen MR) is 88.3 cm³/mol. The number of carbonyl (C=O) groups excluding carboxylic acids is 1. The first-order chi connectivity index (χ1) is 11.2. The normalized spacial score (nSPS) is 24.0. The van der Waals surface area contributed by atoms with Crippen LogP contribution in [-0.4, -0.2) is 55.2 Å². The summed E-state index contributed by atoms with van der Waals surface area (Å²) in [6.07, 6.45) is 6.92. The number of nitrogens with one attached hydrogen (secondary N) is 1. The second-order valence-electron chi connectivity index (χ2n) is 5.97. The summed E-state index contributed by atoms with van der Waals surface area (Å²) in [6.45, 7) is 2.88. The third-order valence-electron chi connectivity index (χ3n) is 4.44. The monoisotopic (exact) mass is 335 g/mol. The van der Waals surface area contributed by atoms with Crippen LogP contribution in [0.2, 0.25) is 0 Å². The highest BCUT2D eigenvalue weighted by molar-refractivity contribution is 7.19. The standard InChI is InChI=1S/C15H21N5O2S/c1-22-9-12-3-2-5-20(12)13-7-17-15(23-13)18-14(21)11-4-6-19(8-11)10-16/h7,11-12H,2-6,8-9H2,1H3,(H,17,18,21)/t11?,12-/m0/s1. The predicted octanol–water partition coefficient (Wildman–Crippen LogP) is 1.50. The summed E-state index contributed by atoms with van der Waals surface area (Å²) in [5, 5.41) is 13.5. The van der Waals surface area contributed by atoms with Crippen LogP contribution in [0.1, 0.15) is 19.3 Å². The van der Waals surface area contributed by atoms with Gasteiger partial charge in [-0.1, -0.05) is 11.3 Å². The van der Waals surface area contributed by atoms with Crippen molar-refractivity contribution in [1.82, 2.24) is 9.88 Å². The van der Waals surface area contributed by atoms with Gasteiger partial charge in [0.2, 0.25) is 5.91 Å². The second-order valence-corrected chi connectivity index (χ2v) is 6.98. The Labute approximate surface area is 139 Å². The Hall–Kier alpha value is -1.85. The number of hydrogen-bond acceptors (Lipinski definition) is 7. The maximum absolute atomic E-state index is 12.3. The van der Waals surface area contributed by atoms with Crippen molar-refractivity contribution in [2.45, 2.75) is 25.3 Å². The number of anilines is 2. The Balaban J connectivity index is 1.59. The maximum Gasteiger partial charge on any atom is 0.231 e. The van der Waals surface area contributed by atoms with Crippen LogP contribution >= 0.6 is 11.3 Å². The highest BCUT2D eigenvalue weighted by atomic mass is 32.1. The molecule has 1 amide bonds. The molecular formula is C15H21N5O2S. The Morgan fingerprint density at radius 1 is 1.57 bits per heavy atom. The van der Waals surface area contributed by atoms with E-state index in [-0.39, 0.29) is 11.8 Å². The van der Waals surface area contributed by atoms with Gasteiger partial charge in [0.05, 0.1) is 24.8 Å². The van der Waals surface area contributed by atoms with Crippen LogP contribution in [-0.2, 0) is 9.53 Å². The molecule has 0 spiro atoms. The summed E-state index contributed by atoms with van der Waals surface area (Å²) >= 11 is 1.50. The van der Waals surface area contributed by atoms with Gasteiger partial charge in [0, 0.05) is 26.7 Å². The number of thiazole rings is 1. The molecule has 2 fully saturated rings. The van der Waals surface area contributed by atoms with E-state index in [1.54, 1.807) is 12.0 Å². The second kappa shape index (κ2) is 7.15. The van der Waals surface area contributed by atoms with Crippen molar-refractivity contribution >= 4 is 27.4 Å². The lowest BCUT2D eigenvalue weighted by Crippen LogP contribution is -2.32. The quantitative estimate of drug-likeness (QED) is 0.821. The minimum Gasteiger partial charge on any atom is -0.383 e. The lowest BCUT2D eigenvalue weighted by atomic mass is 10.1. The number of hydrogen-bond donors (Lipinski definition) is 1. The minimum absolute atomic E-state index is 0.0430. The van der Waals surface area contributed by atoms with Crippen LogP contribution in [0.4, 0.5) is 10.1 Å². The van der Waals surface area contributed by atoms with E-state index in [2.05, 4.69) is 21.4 Å². The van der Waals surface area contributed by atoms with Gasteiger partial charge in [-0.05, 0) is 19.3 Å². The van der Waals surface area contributed by atoms with E-state index in [0.717, 1.165) is 30.8 Å². The van der Waals surface area contributed by atoms with Gasteiger partial charge in [-0.3, -0.25) is 4.79 Å². The molecule has 0 saturated carbocycles. The molecule has 23 heavy (non-hydrogen) atoms. The molecule has 1 unspecified atom stereocenters. The molecule has 0 radical (unpaired) electrons. The van der Waals surface area contributed by atoms with Crippen molar-refractivity contribution in [2.75, 3.05) is 43.6 Å². The lowest BCUT2D eigenvalue weighted by Gasteiger charge is -2.23. The third-order valence-corrected chi connectivity index (χ3v) is 5.39. The molecule has 1 N–H and O–H groups in total. The molecule has 2 atom stereocenters. The SMILES string of the molecule is COC[C@@H]1CCCN1c1cnc(NC(=O)C2CCN(C#N)C2)s1. The van der Waals surface area contributed by atoms with Crippen LogP contribution in [0, 0.1) is 17.4 Å². The Kier molecular flexibility index (Phi) is 4.98. The largest absolute Gasteiger partial charge is 0.383 e. The molecule has 2 aliphatic rings. The van der Waals surface area contributed by atoms with Crippen LogP contribution in [0.25, 0.3) is 0 Å². The van der Waals surface area contributed by atoms with E-state index in [0.29, 0.717) is 30.9 Å². The molecule has 8 heteroatoms. The smallest absolute Gasteiger partial charge is 0.231 e. The fourth-order valence-corrected chi connectivity index (χ4v) is 4.14. The number of aromatic nitrogens is 1. The summed E-state index contributed by atoms with van der Waals surface area (Å²) in [6, 6.07) is 0.392. The molecular weight excluding hydrogens is 314 g/mol. The zero-order valence-corrected chi connectivity index (χ0v) is 14.0. The first-order valence-corrected chi connectivity index (χ1v) is 8.70. The summed E-state index contributed by atoms with van der Waals surface area (Å²) in [4.78, 5) is 20.5. The van der Waals surface area contributed by atoms with Crippen LogP contribution in [0.3, 0.4) is 0 Å². The molecule has 3 heterocycles. The van der Waals surface area contributed by atoms with Gasteiger partial charge in [-0.2, -0.15) is 5.26 Å². The highest BCUT2D eigenvalue weighted by Gasteiger charge is 2.29. The fraction of sp³-hybridized carbons (Fsp3) is 0.667. The molecule has 124 valence electrons. The number of ether oxygens (including phenoxy) is 1. The van der Waals surface area contributed by atoms with E-state index in [1.165, 1.54) is 11.3 Å². The minimum atomic E-state index is -0.130. The topological polar surface area (TPSA) is 81.5 Å². The van der Waals surface area contributed by atoms with Gasteiger partial charge >= 0.3 is 0 Å². The van der Waals surface area contributed by atoms with Crippen molar-refractivity contribution < 1.29 is 9.53 Å². The summed E-state index contributed by atoms with van der Waals surface area (Å²) in [5.41, 5.74) is 0. The van der Waals surface area contributed by atoms with Gasteiger partial charge in [0.25, 0.3) is 0 Å². The van der Waals surface area contributed by atoms with Crippen LogP contribution in [0.15, 0.2) is 6.20 Å². The zero-order chi connectivity index (χ0) is 16.2. The summed E-state index contributed by atoms with van der Waals surface area (Å²) in [7, 11) is 1.72. The van der Waals surface area contributed by atoms with Crippen molar-refractivity contribution in [3.63, 3.8) is 0 Å². The Morgan fingerprint density at radius 3 is 3.17 bits per heavy atom. The van der Waals surface area contributed by atoms with E-state index in [1.807, 2.05) is 6.20 Å². The molecule has 7 nitrogen and oxygen atoms in total. The van der Waals surface area contributed by atoms with E-state index in [9.17, 15) is 4.79 Å². The molecule has 3 rings (SSSR count). The first-order valence-electron chi connectivity index (χ1n) is 7.88. The van der Waals surface area contributed by atoms with E-state index < -0.39 is 0 Å². The molecule has 0 bridgehead atoms. The number of methoxy groups -OCH3 is 1. The molecule has 0 aromatic carbocycles. The van der Waals surface area contributed by atoms with Crippen LogP contribution in [0.5, 0.6) is 0 Å². The molecule has 1 aromatic rings. The van der Waals surface area contributed by atoms with Crippen molar-refractivity contribution in [2.24, 2.45) is 5.92 Å². The van der Waals surface area contributed by atoms with Crippen molar-refractivity contribution in [3.8, 4) is 6.19 Å². The van der Waals surface area contributed by atoms with E-state index >= 15 is 0 Å². The van der Waals surface area contributed by atoms with Gasteiger partial charge in [-0.25, -0.2) is 4.98 Å². The van der Waals surface area contributed by atoms with Gasteiger partial charge < -0.3 is 19.9 Å². The number of rotatable bonds is 5. The molecule has 0 aliphatic carbocycles. The van der Waals surface area contributed by atoms with Gasteiger partial charge in [0.15, 0.2) is 11.3 Å². The third kappa shape index (κ3) is 3.57. The lowest BCUT2D eigenvalue weighted by molar-refractivity contribution is -0.119. The van der Waals surface area contributed by atoms with Gasteiger partial charge in [0.1, 0.15) is 5.00 Å². The molecule has 2 saturated heterocycles. The number of carbonyl (C=O) groups is 1. The van der Waals surface area contributed by atoms with Crippen molar-refractivity contribution in [3.05, 3.63) is 6.20 Å². The number of likely N-dealkylation sites (tertiary alicyclic amines) is 1. The van der Waals surface area contributed by atoms with Crippen LogP contribution < -0.4 is 10.2 Å². The maximum atomic E-state index is 12.3. The highest BCUT2D eigenvalue weighted by Crippen LogP contribution is 2.33. The molecule has 1 aromatic heterocycles. The first kappa shape index (κ1) is 16.0. The zero-order valence-electron chi connectivity index (χ0n) is 13.2.